The minimum Gasteiger partial charge on any atom is -0.453 e. The SMILES string of the molecule is COC(=O)N1CC(CNC(=O)OC(C)(C)C)C1. The van der Waals surface area contributed by atoms with Gasteiger partial charge in [-0.3, -0.25) is 0 Å². The third kappa shape index (κ3) is 4.50. The summed E-state index contributed by atoms with van der Waals surface area (Å²) in [6.07, 6.45) is -0.743. The standard InChI is InChI=1S/C11H20N2O4/c1-11(2,3)17-9(14)12-5-8-6-13(7-8)10(15)16-4/h8H,5-7H2,1-4H3,(H,12,14). The van der Waals surface area contributed by atoms with Crippen molar-refractivity contribution in [1.29, 1.82) is 0 Å². The van der Waals surface area contributed by atoms with Crippen LogP contribution in [0, 0.1) is 5.92 Å². The predicted octanol–water partition coefficient (Wildman–Crippen LogP) is 1.21. The zero-order chi connectivity index (χ0) is 13.1. The van der Waals surface area contributed by atoms with Crippen molar-refractivity contribution in [3.8, 4) is 0 Å². The normalized spacial score (nSPS) is 16.1. The van der Waals surface area contributed by atoms with Crippen LogP contribution in [0.15, 0.2) is 0 Å². The second kappa shape index (κ2) is 5.25. The molecule has 1 rings (SSSR count). The van der Waals surface area contributed by atoms with E-state index in [1.807, 2.05) is 20.8 Å². The van der Waals surface area contributed by atoms with Crippen molar-refractivity contribution in [1.82, 2.24) is 10.2 Å². The van der Waals surface area contributed by atoms with Crippen molar-refractivity contribution in [2.24, 2.45) is 5.92 Å². The van der Waals surface area contributed by atoms with Gasteiger partial charge >= 0.3 is 12.2 Å². The monoisotopic (exact) mass is 244 g/mol. The van der Waals surface area contributed by atoms with Crippen LogP contribution in [0.25, 0.3) is 0 Å². The van der Waals surface area contributed by atoms with E-state index in [4.69, 9.17) is 4.74 Å². The van der Waals surface area contributed by atoms with Crippen LogP contribution in [-0.2, 0) is 9.47 Å². The van der Waals surface area contributed by atoms with Gasteiger partial charge in [0.2, 0.25) is 0 Å². The fraction of sp³-hybridized carbons (Fsp3) is 0.818. The Balaban J connectivity index is 2.14. The van der Waals surface area contributed by atoms with Crippen LogP contribution in [0.1, 0.15) is 20.8 Å². The molecule has 0 spiro atoms. The molecule has 0 aromatic carbocycles. The van der Waals surface area contributed by atoms with Crippen LogP contribution < -0.4 is 5.32 Å². The lowest BCUT2D eigenvalue weighted by Crippen LogP contribution is -2.54. The lowest BCUT2D eigenvalue weighted by Gasteiger charge is -2.38. The molecule has 1 heterocycles. The summed E-state index contributed by atoms with van der Waals surface area (Å²) in [6, 6.07) is 0. The van der Waals surface area contributed by atoms with Crippen molar-refractivity contribution >= 4 is 12.2 Å². The van der Waals surface area contributed by atoms with Gasteiger partial charge in [-0.2, -0.15) is 0 Å². The number of ether oxygens (including phenoxy) is 2. The number of hydrogen-bond donors (Lipinski definition) is 1. The smallest absolute Gasteiger partial charge is 0.409 e. The fourth-order valence-corrected chi connectivity index (χ4v) is 1.52. The Morgan fingerprint density at radius 3 is 2.41 bits per heavy atom. The van der Waals surface area contributed by atoms with Gasteiger partial charge in [0, 0.05) is 25.6 Å². The number of rotatable bonds is 2. The van der Waals surface area contributed by atoms with E-state index >= 15 is 0 Å². The lowest BCUT2D eigenvalue weighted by atomic mass is 10.0. The number of carbonyl (C=O) groups is 2. The van der Waals surface area contributed by atoms with E-state index < -0.39 is 11.7 Å². The van der Waals surface area contributed by atoms with Gasteiger partial charge in [-0.25, -0.2) is 9.59 Å². The van der Waals surface area contributed by atoms with Gasteiger partial charge in [-0.05, 0) is 20.8 Å². The van der Waals surface area contributed by atoms with Gasteiger partial charge in [-0.15, -0.1) is 0 Å². The van der Waals surface area contributed by atoms with Gasteiger partial charge in [-0.1, -0.05) is 0 Å². The molecule has 2 amide bonds. The van der Waals surface area contributed by atoms with Gasteiger partial charge in [0.15, 0.2) is 0 Å². The van der Waals surface area contributed by atoms with E-state index in [0.717, 1.165) is 0 Å². The van der Waals surface area contributed by atoms with Crippen LogP contribution >= 0.6 is 0 Å². The van der Waals surface area contributed by atoms with Crippen molar-refractivity contribution in [2.45, 2.75) is 26.4 Å². The predicted molar refractivity (Wildman–Crippen MR) is 61.7 cm³/mol. The Hall–Kier alpha value is -1.46. The molecule has 98 valence electrons. The molecule has 6 heteroatoms. The molecule has 1 N–H and O–H groups in total. The summed E-state index contributed by atoms with van der Waals surface area (Å²) in [5, 5.41) is 2.68. The first-order valence-corrected chi connectivity index (χ1v) is 5.61. The summed E-state index contributed by atoms with van der Waals surface area (Å²) in [5.74, 6) is 0.279. The molecule has 1 aliphatic rings. The maximum absolute atomic E-state index is 11.3. The van der Waals surface area contributed by atoms with E-state index in [1.165, 1.54) is 7.11 Å². The molecule has 1 saturated heterocycles. The van der Waals surface area contributed by atoms with Crippen LogP contribution in [0.3, 0.4) is 0 Å². The molecule has 6 nitrogen and oxygen atoms in total. The number of amides is 2. The van der Waals surface area contributed by atoms with Gasteiger partial charge in [0.05, 0.1) is 7.11 Å². The molecule has 17 heavy (non-hydrogen) atoms. The van der Waals surface area contributed by atoms with Crippen molar-refractivity contribution in [2.75, 3.05) is 26.7 Å². The Morgan fingerprint density at radius 2 is 1.94 bits per heavy atom. The molecular formula is C11H20N2O4. The van der Waals surface area contributed by atoms with Crippen molar-refractivity contribution < 1.29 is 19.1 Å². The topological polar surface area (TPSA) is 67.9 Å². The van der Waals surface area contributed by atoms with E-state index in [0.29, 0.717) is 19.6 Å². The summed E-state index contributed by atoms with van der Waals surface area (Å²) in [7, 11) is 1.36. The molecular weight excluding hydrogens is 224 g/mol. The quantitative estimate of drug-likeness (QED) is 0.792. The first kappa shape index (κ1) is 13.6. The van der Waals surface area contributed by atoms with Crippen LogP contribution in [0.2, 0.25) is 0 Å². The second-order valence-electron chi connectivity index (χ2n) is 5.12. The zero-order valence-electron chi connectivity index (χ0n) is 10.8. The molecule has 0 aromatic rings. The summed E-state index contributed by atoms with van der Waals surface area (Å²) in [4.78, 5) is 24.0. The summed E-state index contributed by atoms with van der Waals surface area (Å²) >= 11 is 0. The average Bonchev–Trinajstić information content (AvgIpc) is 2.11. The zero-order valence-corrected chi connectivity index (χ0v) is 10.8. The summed E-state index contributed by atoms with van der Waals surface area (Å²) in [5.41, 5.74) is -0.484. The third-order valence-corrected chi connectivity index (χ3v) is 2.32. The highest BCUT2D eigenvalue weighted by Gasteiger charge is 2.31. The van der Waals surface area contributed by atoms with E-state index in [2.05, 4.69) is 10.1 Å². The number of methoxy groups -OCH3 is 1. The molecule has 0 bridgehead atoms. The Morgan fingerprint density at radius 1 is 1.35 bits per heavy atom. The second-order valence-corrected chi connectivity index (χ2v) is 5.12. The molecule has 0 aliphatic carbocycles. The third-order valence-electron chi connectivity index (χ3n) is 2.32. The van der Waals surface area contributed by atoms with Crippen LogP contribution in [0.5, 0.6) is 0 Å². The minimum absolute atomic E-state index is 0.279. The Labute approximate surface area is 101 Å². The number of carbonyl (C=O) groups excluding carboxylic acids is 2. The highest BCUT2D eigenvalue weighted by atomic mass is 16.6. The van der Waals surface area contributed by atoms with E-state index in [9.17, 15) is 9.59 Å². The number of likely N-dealkylation sites (tertiary alicyclic amines) is 1. The first-order chi connectivity index (χ1) is 7.81. The van der Waals surface area contributed by atoms with Crippen LogP contribution in [-0.4, -0.2) is 49.4 Å². The molecule has 0 atom stereocenters. The summed E-state index contributed by atoms with van der Waals surface area (Å²) < 4.78 is 9.67. The maximum atomic E-state index is 11.3. The lowest BCUT2D eigenvalue weighted by molar-refractivity contribution is 0.0452. The number of hydrogen-bond acceptors (Lipinski definition) is 4. The van der Waals surface area contributed by atoms with Gasteiger partial charge in [0.25, 0.3) is 0 Å². The minimum atomic E-state index is -0.484. The molecule has 0 saturated carbocycles. The van der Waals surface area contributed by atoms with Gasteiger partial charge in [0.1, 0.15) is 5.60 Å². The van der Waals surface area contributed by atoms with Crippen molar-refractivity contribution in [3.63, 3.8) is 0 Å². The van der Waals surface area contributed by atoms with E-state index in [-0.39, 0.29) is 12.0 Å². The highest BCUT2D eigenvalue weighted by molar-refractivity contribution is 5.69. The van der Waals surface area contributed by atoms with Crippen molar-refractivity contribution in [3.05, 3.63) is 0 Å². The van der Waals surface area contributed by atoms with Gasteiger partial charge < -0.3 is 19.7 Å². The molecule has 1 fully saturated rings. The Kier molecular flexibility index (Phi) is 4.20. The van der Waals surface area contributed by atoms with E-state index in [1.54, 1.807) is 4.90 Å². The molecule has 0 aromatic heterocycles. The molecule has 0 radical (unpaired) electrons. The highest BCUT2D eigenvalue weighted by Crippen LogP contribution is 2.15. The Bertz CT molecular complexity index is 292. The largest absolute Gasteiger partial charge is 0.453 e. The average molecular weight is 244 g/mol. The fourth-order valence-electron chi connectivity index (χ4n) is 1.52. The number of nitrogens with one attached hydrogen (secondary N) is 1. The maximum Gasteiger partial charge on any atom is 0.409 e. The number of nitrogens with zero attached hydrogens (tertiary/aromatic N) is 1. The van der Waals surface area contributed by atoms with Crippen LogP contribution in [0.4, 0.5) is 9.59 Å². The first-order valence-electron chi connectivity index (χ1n) is 5.61. The number of alkyl carbamates (subject to hydrolysis) is 1. The summed E-state index contributed by atoms with van der Waals surface area (Å²) in [6.45, 7) is 7.19. The molecule has 0 unspecified atom stereocenters. The molecule has 1 aliphatic heterocycles.